The first-order chi connectivity index (χ1) is 37.0. The average molecular weight is 982 g/mol. The van der Waals surface area contributed by atoms with Crippen molar-refractivity contribution in [1.29, 1.82) is 26.3 Å². The molecular weight excluding hydrogens is 948 g/mol. The third-order valence-corrected chi connectivity index (χ3v) is 14.0. The maximum absolute atomic E-state index is 17.4. The lowest BCUT2D eigenvalue weighted by Gasteiger charge is -2.25. The molecule has 10 heteroatoms. The number of nitriles is 5. The number of hydrogen-bond acceptors (Lipinski definition) is 5. The highest BCUT2D eigenvalue weighted by Crippen LogP contribution is 2.49. The third kappa shape index (κ3) is 7.83. The molecule has 0 aliphatic heterocycles. The summed E-state index contributed by atoms with van der Waals surface area (Å²) in [7, 11) is 0. The number of nitrogens with zero attached hydrogens (tertiary/aromatic N) is 7. The van der Waals surface area contributed by atoms with Crippen molar-refractivity contribution in [3.8, 4) is 97.4 Å². The quantitative estimate of drug-likeness (QED) is 0.157. The molecule has 0 saturated carbocycles. The van der Waals surface area contributed by atoms with Crippen LogP contribution in [0.4, 0.5) is 13.2 Å². The van der Waals surface area contributed by atoms with Gasteiger partial charge in [0.25, 0.3) is 0 Å². The predicted octanol–water partition coefficient (Wildman–Crippen LogP) is 16.6. The van der Waals surface area contributed by atoms with Gasteiger partial charge in [-0.1, -0.05) is 115 Å². The Balaban J connectivity index is 1.26. The van der Waals surface area contributed by atoms with Gasteiger partial charge in [-0.05, 0) is 141 Å². The fourth-order valence-corrected chi connectivity index (χ4v) is 10.6. The molecular formula is C66H34F3N7. The average Bonchev–Trinajstić information content (AvgIpc) is 4.14. The van der Waals surface area contributed by atoms with Crippen LogP contribution in [-0.4, -0.2) is 9.13 Å². The first kappa shape index (κ1) is 46.1. The van der Waals surface area contributed by atoms with E-state index in [9.17, 15) is 26.3 Å². The standard InChI is InChI=1S/C66H34F3N7/c67-66(68,69)64-59(75-60-31-49(45-11-1-6-40(26-45)35-70)16-20-55(60)56-21-17-50(32-61(56)75)46-12-2-7-41(27-46)36-71)25-24-54(53-15-5-10-44(30-53)39-74)65(64)76-62-33-51(47-13-3-8-42(28-47)37-72)18-22-57(62)58-23-19-52(34-63(58)76)48-14-4-9-43(29-48)38-73/h1-34H. The molecule has 0 unspecified atom stereocenters. The number of aromatic nitrogens is 2. The summed E-state index contributed by atoms with van der Waals surface area (Å²) in [6.45, 7) is 0. The maximum atomic E-state index is 17.4. The summed E-state index contributed by atoms with van der Waals surface area (Å²) in [5.41, 5.74) is 8.47. The van der Waals surface area contributed by atoms with Gasteiger partial charge in [-0.3, -0.25) is 0 Å². The van der Waals surface area contributed by atoms with Gasteiger partial charge in [0, 0.05) is 27.1 Å². The molecule has 354 valence electrons. The van der Waals surface area contributed by atoms with Crippen LogP contribution in [0.3, 0.4) is 0 Å². The molecule has 0 saturated heterocycles. The first-order valence-electron chi connectivity index (χ1n) is 24.0. The van der Waals surface area contributed by atoms with Crippen molar-refractivity contribution >= 4 is 43.6 Å². The fourth-order valence-electron chi connectivity index (χ4n) is 10.6. The van der Waals surface area contributed by atoms with E-state index in [1.54, 1.807) is 112 Å². The van der Waals surface area contributed by atoms with Gasteiger partial charge < -0.3 is 9.13 Å². The minimum Gasteiger partial charge on any atom is -0.309 e. The van der Waals surface area contributed by atoms with Crippen LogP contribution in [0.2, 0.25) is 0 Å². The van der Waals surface area contributed by atoms with E-state index in [4.69, 9.17) is 0 Å². The largest absolute Gasteiger partial charge is 0.420 e. The number of halogens is 3. The molecule has 0 aliphatic carbocycles. The lowest BCUT2D eigenvalue weighted by atomic mass is 9.95. The van der Waals surface area contributed by atoms with Crippen LogP contribution in [0.1, 0.15) is 33.4 Å². The zero-order chi connectivity index (χ0) is 52.2. The monoisotopic (exact) mass is 981 g/mol. The Hall–Kier alpha value is -11.0. The Labute approximate surface area is 433 Å². The Kier molecular flexibility index (Phi) is 11.1. The smallest absolute Gasteiger partial charge is 0.309 e. The highest BCUT2D eigenvalue weighted by Gasteiger charge is 2.40. The number of fused-ring (bicyclic) bond motifs is 6. The van der Waals surface area contributed by atoms with E-state index in [-0.39, 0.29) is 22.5 Å². The minimum atomic E-state index is -5.06. The topological polar surface area (TPSA) is 129 Å². The third-order valence-electron chi connectivity index (χ3n) is 14.0. The summed E-state index contributed by atoms with van der Waals surface area (Å²) in [6.07, 6.45) is -5.06. The SMILES string of the molecule is N#Cc1cccc(-c2ccc3c4ccc(-c5cccc(C#N)c5)cc4n(-c4ccc(-c5cccc(C#N)c5)c(-n5c6cc(-c7cccc(C#N)c7)ccc6c6ccc(-c7cccc(C#N)c7)cc65)c4C(F)(F)F)c3c2)c1. The van der Waals surface area contributed by atoms with Gasteiger partial charge in [-0.2, -0.15) is 39.5 Å². The van der Waals surface area contributed by atoms with Crippen molar-refractivity contribution in [2.75, 3.05) is 0 Å². The summed E-state index contributed by atoms with van der Waals surface area (Å²) < 4.78 is 55.7. The van der Waals surface area contributed by atoms with Crippen LogP contribution in [-0.2, 0) is 6.18 Å². The van der Waals surface area contributed by atoms with Crippen LogP contribution in [0.5, 0.6) is 0 Å². The van der Waals surface area contributed by atoms with Gasteiger partial charge in [0.2, 0.25) is 0 Å². The van der Waals surface area contributed by atoms with Gasteiger partial charge in [0.1, 0.15) is 5.56 Å². The van der Waals surface area contributed by atoms with Crippen molar-refractivity contribution in [1.82, 2.24) is 9.13 Å². The number of hydrogen-bond donors (Lipinski definition) is 0. The van der Waals surface area contributed by atoms with E-state index >= 15 is 13.2 Å². The molecule has 0 aliphatic rings. The van der Waals surface area contributed by atoms with E-state index in [1.807, 2.05) is 97.1 Å². The van der Waals surface area contributed by atoms with Crippen molar-refractivity contribution < 1.29 is 13.2 Å². The maximum Gasteiger partial charge on any atom is 0.420 e. The number of rotatable bonds is 7. The van der Waals surface area contributed by atoms with Gasteiger partial charge >= 0.3 is 6.18 Å². The highest BCUT2D eigenvalue weighted by atomic mass is 19.4. The van der Waals surface area contributed by atoms with Crippen molar-refractivity contribution in [3.63, 3.8) is 0 Å². The molecule has 7 nitrogen and oxygen atoms in total. The van der Waals surface area contributed by atoms with Gasteiger partial charge in [-0.15, -0.1) is 0 Å². The van der Waals surface area contributed by atoms with E-state index in [0.717, 1.165) is 0 Å². The van der Waals surface area contributed by atoms with Crippen LogP contribution in [0.25, 0.3) is 111 Å². The molecule has 10 aromatic carbocycles. The summed E-state index contributed by atoms with van der Waals surface area (Å²) in [4.78, 5) is 0. The molecule has 2 heterocycles. The molecule has 12 rings (SSSR count). The Bertz CT molecular complexity index is 4420. The zero-order valence-corrected chi connectivity index (χ0v) is 39.9. The molecule has 0 atom stereocenters. The Morgan fingerprint density at radius 1 is 0.303 bits per heavy atom. The Morgan fingerprint density at radius 3 is 0.908 bits per heavy atom. The summed E-state index contributed by atoms with van der Waals surface area (Å²) >= 11 is 0. The second-order valence-corrected chi connectivity index (χ2v) is 18.4. The first-order valence-corrected chi connectivity index (χ1v) is 24.0. The molecule has 0 radical (unpaired) electrons. The number of benzene rings is 10. The van der Waals surface area contributed by atoms with Gasteiger partial charge in [0.05, 0.1) is 91.6 Å². The summed E-state index contributed by atoms with van der Waals surface area (Å²) in [5, 5.41) is 52.4. The second kappa shape index (κ2) is 18.3. The molecule has 0 spiro atoms. The second-order valence-electron chi connectivity index (χ2n) is 18.4. The van der Waals surface area contributed by atoms with Crippen LogP contribution in [0, 0.1) is 56.7 Å². The molecule has 0 fully saturated rings. The summed E-state index contributed by atoms with van der Waals surface area (Å²) in [5.74, 6) is 0. The van der Waals surface area contributed by atoms with Crippen molar-refractivity contribution in [2.24, 2.45) is 0 Å². The van der Waals surface area contributed by atoms with E-state index in [0.29, 0.717) is 116 Å². The van der Waals surface area contributed by atoms with E-state index in [2.05, 4.69) is 30.3 Å². The van der Waals surface area contributed by atoms with Gasteiger partial charge in [-0.25, -0.2) is 0 Å². The van der Waals surface area contributed by atoms with E-state index in [1.165, 1.54) is 6.07 Å². The molecule has 2 aromatic heterocycles. The Morgan fingerprint density at radius 2 is 0.592 bits per heavy atom. The zero-order valence-electron chi connectivity index (χ0n) is 39.9. The van der Waals surface area contributed by atoms with Crippen LogP contribution >= 0.6 is 0 Å². The summed E-state index contributed by atoms with van der Waals surface area (Å²) in [6, 6.07) is 71.6. The van der Waals surface area contributed by atoms with Crippen molar-refractivity contribution in [3.05, 3.63) is 240 Å². The normalized spacial score (nSPS) is 11.3. The molecule has 76 heavy (non-hydrogen) atoms. The van der Waals surface area contributed by atoms with E-state index < -0.39 is 11.7 Å². The van der Waals surface area contributed by atoms with Crippen LogP contribution in [0.15, 0.2) is 206 Å². The lowest BCUT2D eigenvalue weighted by molar-refractivity contribution is -0.137. The van der Waals surface area contributed by atoms with Gasteiger partial charge in [0.15, 0.2) is 0 Å². The lowest BCUT2D eigenvalue weighted by Crippen LogP contribution is -2.17. The molecule has 0 N–H and O–H groups in total. The number of alkyl halides is 3. The molecule has 0 amide bonds. The predicted molar refractivity (Wildman–Crippen MR) is 291 cm³/mol. The molecule has 0 bridgehead atoms. The minimum absolute atomic E-state index is 0.181. The van der Waals surface area contributed by atoms with Crippen molar-refractivity contribution in [2.45, 2.75) is 6.18 Å². The molecule has 12 aromatic rings. The fraction of sp³-hybridized carbons (Fsp3) is 0.0152. The van der Waals surface area contributed by atoms with Crippen LogP contribution < -0.4 is 0 Å². The highest BCUT2D eigenvalue weighted by molar-refractivity contribution is 6.13.